The normalized spacial score (nSPS) is 10.4. The molecule has 0 saturated carbocycles. The van der Waals surface area contributed by atoms with Crippen molar-refractivity contribution >= 4 is 56.9 Å². The van der Waals surface area contributed by atoms with Gasteiger partial charge in [-0.05, 0) is 48.6 Å². The molecule has 3 N–H and O–H groups in total. The molecule has 0 atom stereocenters. The van der Waals surface area contributed by atoms with E-state index in [1.807, 2.05) is 12.1 Å². The van der Waals surface area contributed by atoms with Crippen molar-refractivity contribution < 1.29 is 19.4 Å². The Balaban J connectivity index is 2.03. The number of methoxy groups -OCH3 is 1. The SMILES string of the molecule is COc1ccc(Br)cc1C=CC(=O)NC(=S)Nc1ccccc1C(=O)O. The first kappa shape index (κ1) is 19.6. The number of carbonyl (C=O) groups is 2. The third-order valence-corrected chi connectivity index (χ3v) is 3.95. The fourth-order valence-corrected chi connectivity index (χ4v) is 2.68. The van der Waals surface area contributed by atoms with Gasteiger partial charge < -0.3 is 15.2 Å². The highest BCUT2D eigenvalue weighted by Gasteiger charge is 2.10. The van der Waals surface area contributed by atoms with Crippen LogP contribution in [0.2, 0.25) is 0 Å². The van der Waals surface area contributed by atoms with Crippen LogP contribution in [0, 0.1) is 0 Å². The van der Waals surface area contributed by atoms with E-state index in [2.05, 4.69) is 26.6 Å². The second kappa shape index (κ2) is 9.12. The monoisotopic (exact) mass is 434 g/mol. The molecule has 2 rings (SSSR count). The van der Waals surface area contributed by atoms with Crippen molar-refractivity contribution in [1.82, 2.24) is 5.32 Å². The van der Waals surface area contributed by atoms with Gasteiger partial charge in [0.2, 0.25) is 5.91 Å². The molecule has 0 unspecified atom stereocenters. The van der Waals surface area contributed by atoms with Crippen LogP contribution in [0.5, 0.6) is 5.75 Å². The lowest BCUT2D eigenvalue weighted by Crippen LogP contribution is -2.33. The predicted octanol–water partition coefficient (Wildman–Crippen LogP) is 3.68. The largest absolute Gasteiger partial charge is 0.496 e. The molecule has 0 heterocycles. The maximum absolute atomic E-state index is 12.0. The molecule has 0 saturated heterocycles. The Morgan fingerprint density at radius 3 is 2.65 bits per heavy atom. The van der Waals surface area contributed by atoms with Crippen LogP contribution < -0.4 is 15.4 Å². The van der Waals surface area contributed by atoms with Crippen molar-refractivity contribution in [2.24, 2.45) is 0 Å². The van der Waals surface area contributed by atoms with E-state index in [0.717, 1.165) is 4.47 Å². The second-order valence-electron chi connectivity index (χ2n) is 5.01. The van der Waals surface area contributed by atoms with Gasteiger partial charge in [-0.25, -0.2) is 4.79 Å². The van der Waals surface area contributed by atoms with E-state index in [0.29, 0.717) is 17.0 Å². The molecule has 134 valence electrons. The minimum Gasteiger partial charge on any atom is -0.496 e. The third kappa shape index (κ3) is 5.40. The summed E-state index contributed by atoms with van der Waals surface area (Å²) in [6, 6.07) is 11.7. The lowest BCUT2D eigenvalue weighted by molar-refractivity contribution is -0.115. The van der Waals surface area contributed by atoms with E-state index in [-0.39, 0.29) is 10.7 Å². The fourth-order valence-electron chi connectivity index (χ4n) is 2.09. The number of halogens is 1. The maximum Gasteiger partial charge on any atom is 0.337 e. The minimum atomic E-state index is -1.09. The molecule has 8 heteroatoms. The summed E-state index contributed by atoms with van der Waals surface area (Å²) in [5.74, 6) is -0.936. The van der Waals surface area contributed by atoms with Crippen LogP contribution in [0.4, 0.5) is 5.69 Å². The summed E-state index contributed by atoms with van der Waals surface area (Å²) >= 11 is 8.42. The summed E-state index contributed by atoms with van der Waals surface area (Å²) in [6.07, 6.45) is 2.90. The van der Waals surface area contributed by atoms with E-state index in [1.165, 1.54) is 12.1 Å². The number of thiocarbonyl (C=S) groups is 1. The van der Waals surface area contributed by atoms with E-state index in [4.69, 9.17) is 22.1 Å². The third-order valence-electron chi connectivity index (χ3n) is 3.25. The molecule has 6 nitrogen and oxygen atoms in total. The fraction of sp³-hybridized carbons (Fsp3) is 0.0556. The Bertz CT molecular complexity index is 883. The van der Waals surface area contributed by atoms with Crippen LogP contribution in [0.25, 0.3) is 6.08 Å². The predicted molar refractivity (Wildman–Crippen MR) is 107 cm³/mol. The zero-order valence-electron chi connectivity index (χ0n) is 13.7. The zero-order chi connectivity index (χ0) is 19.1. The number of para-hydroxylation sites is 1. The van der Waals surface area contributed by atoms with Crippen molar-refractivity contribution in [2.45, 2.75) is 0 Å². The summed E-state index contributed by atoms with van der Waals surface area (Å²) in [4.78, 5) is 23.2. The molecule has 0 aliphatic heterocycles. The number of carboxylic acid groups (broad SMARTS) is 1. The van der Waals surface area contributed by atoms with Gasteiger partial charge in [0.25, 0.3) is 0 Å². The highest BCUT2D eigenvalue weighted by Crippen LogP contribution is 2.24. The van der Waals surface area contributed by atoms with Gasteiger partial charge in [-0.1, -0.05) is 28.1 Å². The van der Waals surface area contributed by atoms with Gasteiger partial charge in [0.05, 0.1) is 18.4 Å². The van der Waals surface area contributed by atoms with Crippen molar-refractivity contribution in [2.75, 3.05) is 12.4 Å². The molecule has 0 fully saturated rings. The van der Waals surface area contributed by atoms with Gasteiger partial charge in [0.15, 0.2) is 5.11 Å². The van der Waals surface area contributed by atoms with Crippen LogP contribution in [0.1, 0.15) is 15.9 Å². The van der Waals surface area contributed by atoms with Crippen LogP contribution in [-0.4, -0.2) is 29.2 Å². The number of hydrogen-bond donors (Lipinski definition) is 3. The van der Waals surface area contributed by atoms with Gasteiger partial charge in [-0.2, -0.15) is 0 Å². The molecule has 0 aromatic heterocycles. The first-order valence-electron chi connectivity index (χ1n) is 7.36. The van der Waals surface area contributed by atoms with Crippen LogP contribution in [-0.2, 0) is 4.79 Å². The first-order chi connectivity index (χ1) is 12.4. The minimum absolute atomic E-state index is 0.00504. The van der Waals surface area contributed by atoms with Gasteiger partial charge >= 0.3 is 5.97 Å². The number of aromatic carboxylic acids is 1. The van der Waals surface area contributed by atoms with Gasteiger partial charge in [-0.15, -0.1) is 0 Å². The number of amides is 1. The Morgan fingerprint density at radius 2 is 1.96 bits per heavy atom. The number of rotatable bonds is 5. The molecule has 0 aliphatic rings. The molecule has 0 radical (unpaired) electrons. The lowest BCUT2D eigenvalue weighted by Gasteiger charge is -2.10. The molecule has 0 bridgehead atoms. The van der Waals surface area contributed by atoms with Gasteiger partial charge in [0.1, 0.15) is 5.75 Å². The van der Waals surface area contributed by atoms with Crippen LogP contribution >= 0.6 is 28.1 Å². The van der Waals surface area contributed by atoms with Gasteiger partial charge in [-0.3, -0.25) is 10.1 Å². The molecular formula is C18H15BrN2O4S. The highest BCUT2D eigenvalue weighted by atomic mass is 79.9. The number of carbonyl (C=O) groups excluding carboxylic acids is 1. The van der Waals surface area contributed by atoms with Crippen molar-refractivity contribution in [1.29, 1.82) is 0 Å². The Kier molecular flexibility index (Phi) is 6.88. The summed E-state index contributed by atoms with van der Waals surface area (Å²) < 4.78 is 6.08. The molecule has 26 heavy (non-hydrogen) atoms. The van der Waals surface area contributed by atoms with E-state index >= 15 is 0 Å². The second-order valence-corrected chi connectivity index (χ2v) is 6.34. The molecule has 0 aliphatic carbocycles. The van der Waals surface area contributed by atoms with Crippen molar-refractivity contribution in [3.63, 3.8) is 0 Å². The number of benzene rings is 2. The Labute approximate surface area is 164 Å². The van der Waals surface area contributed by atoms with E-state index in [1.54, 1.807) is 37.5 Å². The molecule has 0 spiro atoms. The smallest absolute Gasteiger partial charge is 0.337 e. The lowest BCUT2D eigenvalue weighted by atomic mass is 10.2. The van der Waals surface area contributed by atoms with Crippen molar-refractivity contribution in [3.8, 4) is 5.75 Å². The number of nitrogens with one attached hydrogen (secondary N) is 2. The number of hydrogen-bond acceptors (Lipinski definition) is 4. The molecule has 1 amide bonds. The van der Waals surface area contributed by atoms with Crippen molar-refractivity contribution in [3.05, 3.63) is 64.1 Å². The Hall–Kier alpha value is -2.71. The average molecular weight is 435 g/mol. The van der Waals surface area contributed by atoms with E-state index < -0.39 is 11.9 Å². The summed E-state index contributed by atoms with van der Waals surface area (Å²) in [5, 5.41) is 14.3. The topological polar surface area (TPSA) is 87.7 Å². The molecule has 2 aromatic carbocycles. The summed E-state index contributed by atoms with van der Waals surface area (Å²) in [5.41, 5.74) is 1.06. The first-order valence-corrected chi connectivity index (χ1v) is 8.56. The maximum atomic E-state index is 12.0. The van der Waals surface area contributed by atoms with Crippen LogP contribution in [0.15, 0.2) is 53.0 Å². The quantitative estimate of drug-likeness (QED) is 0.491. The standard InChI is InChI=1S/C18H15BrN2O4S/c1-25-15-8-7-12(19)10-11(15)6-9-16(22)21-18(26)20-14-5-3-2-4-13(14)17(23)24/h2-10H,1H3,(H,23,24)(H2,20,21,22,26). The van der Waals surface area contributed by atoms with Gasteiger partial charge in [0, 0.05) is 16.1 Å². The molecule has 2 aromatic rings. The number of carboxylic acids is 1. The highest BCUT2D eigenvalue weighted by molar-refractivity contribution is 9.10. The summed E-state index contributed by atoms with van der Waals surface area (Å²) in [7, 11) is 1.54. The number of ether oxygens (including phenoxy) is 1. The average Bonchev–Trinajstić information content (AvgIpc) is 2.60. The molecular weight excluding hydrogens is 420 g/mol. The van der Waals surface area contributed by atoms with Crippen LogP contribution in [0.3, 0.4) is 0 Å². The van der Waals surface area contributed by atoms with E-state index in [9.17, 15) is 9.59 Å². The Morgan fingerprint density at radius 1 is 1.23 bits per heavy atom. The zero-order valence-corrected chi connectivity index (χ0v) is 16.1. The summed E-state index contributed by atoms with van der Waals surface area (Å²) in [6.45, 7) is 0. The number of anilines is 1.